The van der Waals surface area contributed by atoms with Gasteiger partial charge in [0.2, 0.25) is 5.76 Å². The van der Waals surface area contributed by atoms with E-state index in [1.165, 1.54) is 7.11 Å². The van der Waals surface area contributed by atoms with E-state index in [1.54, 1.807) is 25.3 Å². The fraction of sp³-hybridized carbons (Fsp3) is 0.156. The van der Waals surface area contributed by atoms with Crippen LogP contribution in [0.3, 0.4) is 0 Å². The molecule has 0 saturated carbocycles. The molecule has 0 aliphatic heterocycles. The molecule has 202 valence electrons. The summed E-state index contributed by atoms with van der Waals surface area (Å²) in [6, 6.07) is 22.1. The number of benzene rings is 3. The van der Waals surface area contributed by atoms with Crippen LogP contribution in [0, 0.1) is 6.92 Å². The van der Waals surface area contributed by atoms with E-state index in [0.717, 1.165) is 16.7 Å². The average molecular weight is 555 g/mol. The van der Waals surface area contributed by atoms with Crippen molar-refractivity contribution in [1.82, 2.24) is 9.97 Å². The number of furan rings is 1. The summed E-state index contributed by atoms with van der Waals surface area (Å²) >= 11 is 6.00. The van der Waals surface area contributed by atoms with Crippen molar-refractivity contribution in [2.75, 3.05) is 7.11 Å². The predicted molar refractivity (Wildman–Crippen MR) is 154 cm³/mol. The normalized spacial score (nSPS) is 10.9. The van der Waals surface area contributed by atoms with E-state index < -0.39 is 5.97 Å². The van der Waals surface area contributed by atoms with Crippen molar-refractivity contribution in [3.05, 3.63) is 107 Å². The number of ether oxygens (including phenoxy) is 2. The number of phenolic OH excluding ortho intramolecular Hbond substituents is 1. The highest BCUT2D eigenvalue weighted by Gasteiger charge is 2.23. The Morgan fingerprint density at radius 1 is 1.00 bits per heavy atom. The van der Waals surface area contributed by atoms with Gasteiger partial charge >= 0.3 is 5.97 Å². The summed E-state index contributed by atoms with van der Waals surface area (Å²) in [5.41, 5.74) is 4.90. The Balaban J connectivity index is 1.62. The zero-order chi connectivity index (χ0) is 28.2. The zero-order valence-electron chi connectivity index (χ0n) is 22.3. The molecular formula is C32H27ClN2O5. The van der Waals surface area contributed by atoms with Gasteiger partial charge in [0.15, 0.2) is 5.82 Å². The van der Waals surface area contributed by atoms with Crippen molar-refractivity contribution in [2.24, 2.45) is 0 Å². The highest BCUT2D eigenvalue weighted by molar-refractivity contribution is 6.30. The van der Waals surface area contributed by atoms with Crippen molar-refractivity contribution in [2.45, 2.75) is 26.9 Å². The van der Waals surface area contributed by atoms with Crippen LogP contribution in [0.4, 0.5) is 0 Å². The minimum Gasteiger partial charge on any atom is -0.507 e. The predicted octanol–water partition coefficient (Wildman–Crippen LogP) is 7.67. The van der Waals surface area contributed by atoms with Crippen molar-refractivity contribution in [3.63, 3.8) is 0 Å². The van der Waals surface area contributed by atoms with Crippen LogP contribution >= 0.6 is 11.6 Å². The highest BCUT2D eigenvalue weighted by Crippen LogP contribution is 2.41. The van der Waals surface area contributed by atoms with Crippen LogP contribution in [0.25, 0.3) is 33.8 Å². The summed E-state index contributed by atoms with van der Waals surface area (Å²) in [5.74, 6) is 1.04. The number of rotatable bonds is 8. The number of nitrogens with zero attached hydrogens (tertiary/aromatic N) is 2. The van der Waals surface area contributed by atoms with Crippen LogP contribution in [-0.2, 0) is 17.8 Å². The molecule has 0 atom stereocenters. The van der Waals surface area contributed by atoms with E-state index in [4.69, 9.17) is 30.5 Å². The number of esters is 1. The van der Waals surface area contributed by atoms with Crippen LogP contribution in [0.5, 0.6) is 11.5 Å². The number of aromatic hydroxyl groups is 1. The van der Waals surface area contributed by atoms with Gasteiger partial charge < -0.3 is 19.0 Å². The quantitative estimate of drug-likeness (QED) is 0.197. The third-order valence-electron chi connectivity index (χ3n) is 6.54. The lowest BCUT2D eigenvalue weighted by molar-refractivity contribution is 0.0563. The Labute approximate surface area is 237 Å². The molecule has 0 unspecified atom stereocenters. The molecule has 0 aliphatic rings. The fourth-order valence-electron chi connectivity index (χ4n) is 4.42. The number of phenols is 1. The first-order chi connectivity index (χ1) is 19.4. The van der Waals surface area contributed by atoms with E-state index in [-0.39, 0.29) is 11.5 Å². The minimum atomic E-state index is -0.587. The molecule has 2 heterocycles. The van der Waals surface area contributed by atoms with Crippen LogP contribution in [0.2, 0.25) is 5.02 Å². The Kier molecular flexibility index (Phi) is 7.84. The molecule has 0 bridgehead atoms. The number of hydrogen-bond donors (Lipinski definition) is 1. The van der Waals surface area contributed by atoms with Crippen molar-refractivity contribution in [3.8, 4) is 45.3 Å². The molecule has 1 N–H and O–H groups in total. The van der Waals surface area contributed by atoms with Gasteiger partial charge in [0.05, 0.1) is 12.8 Å². The van der Waals surface area contributed by atoms with Gasteiger partial charge in [0.25, 0.3) is 0 Å². The van der Waals surface area contributed by atoms with Crippen molar-refractivity contribution >= 4 is 17.6 Å². The van der Waals surface area contributed by atoms with E-state index in [2.05, 4.69) is 4.98 Å². The van der Waals surface area contributed by atoms with Crippen LogP contribution in [-0.4, -0.2) is 28.2 Å². The number of aryl methyl sites for hydroxylation is 2. The molecule has 0 amide bonds. The molecule has 7 nitrogen and oxygen atoms in total. The summed E-state index contributed by atoms with van der Waals surface area (Å²) < 4.78 is 16.6. The second-order valence-electron chi connectivity index (χ2n) is 9.14. The molecule has 0 saturated heterocycles. The second-order valence-corrected chi connectivity index (χ2v) is 9.58. The lowest BCUT2D eigenvalue weighted by Gasteiger charge is -2.16. The lowest BCUT2D eigenvalue weighted by Crippen LogP contribution is -2.01. The van der Waals surface area contributed by atoms with Gasteiger partial charge in [-0.25, -0.2) is 14.8 Å². The first-order valence-corrected chi connectivity index (χ1v) is 13.1. The number of aromatic nitrogens is 2. The summed E-state index contributed by atoms with van der Waals surface area (Å²) in [6.45, 7) is 4.09. The maximum absolute atomic E-state index is 12.2. The maximum atomic E-state index is 12.2. The van der Waals surface area contributed by atoms with Crippen molar-refractivity contribution < 1.29 is 23.8 Å². The number of carbonyl (C=O) groups is 1. The summed E-state index contributed by atoms with van der Waals surface area (Å²) in [5, 5.41) is 11.9. The maximum Gasteiger partial charge on any atom is 0.373 e. The minimum absolute atomic E-state index is 0.00314. The van der Waals surface area contributed by atoms with Crippen molar-refractivity contribution in [1.29, 1.82) is 0 Å². The smallest absolute Gasteiger partial charge is 0.373 e. The van der Waals surface area contributed by atoms with Gasteiger partial charge in [0, 0.05) is 39.5 Å². The largest absolute Gasteiger partial charge is 0.507 e. The van der Waals surface area contributed by atoms with Gasteiger partial charge in [-0.1, -0.05) is 61.0 Å². The van der Waals surface area contributed by atoms with Crippen LogP contribution in [0.1, 0.15) is 34.4 Å². The Bertz CT molecular complexity index is 1660. The Morgan fingerprint density at radius 3 is 2.45 bits per heavy atom. The number of methoxy groups -OCH3 is 1. The fourth-order valence-corrected chi connectivity index (χ4v) is 4.54. The number of halogens is 1. The molecule has 3 aromatic carbocycles. The molecule has 5 rings (SSSR count). The second kappa shape index (κ2) is 11.6. The molecule has 0 fully saturated rings. The van der Waals surface area contributed by atoms with E-state index in [0.29, 0.717) is 57.8 Å². The monoisotopic (exact) mass is 554 g/mol. The molecule has 2 aromatic heterocycles. The first-order valence-electron chi connectivity index (χ1n) is 12.7. The Hall–Kier alpha value is -4.62. The molecule has 0 aliphatic carbocycles. The standard InChI is InChI=1S/C32H27ClN2O5/c1-4-21-14-25(27(36)16-28(21)39-18-20-10-12-23(33)13-11-20)30-26(24-15-29(32(37)38-3)40-19(24)2)17-34-31(35-30)22-8-6-5-7-9-22/h5-17,36H,4,18H2,1-3H3. The lowest BCUT2D eigenvalue weighted by atomic mass is 9.97. The third kappa shape index (κ3) is 5.55. The number of carbonyl (C=O) groups excluding carboxylic acids is 1. The van der Waals surface area contributed by atoms with E-state index in [1.807, 2.05) is 67.6 Å². The molecule has 5 aromatic rings. The average Bonchev–Trinajstić information content (AvgIpc) is 3.37. The Morgan fingerprint density at radius 2 is 1.75 bits per heavy atom. The van der Waals surface area contributed by atoms with Gasteiger partial charge in [-0.05, 0) is 48.7 Å². The van der Waals surface area contributed by atoms with E-state index >= 15 is 0 Å². The summed E-state index contributed by atoms with van der Waals surface area (Å²) in [4.78, 5) is 21.6. The SMILES string of the molecule is CCc1cc(-c2nc(-c3ccccc3)ncc2-c2cc(C(=O)OC)oc2C)c(O)cc1OCc1ccc(Cl)cc1. The zero-order valence-corrected chi connectivity index (χ0v) is 23.0. The number of hydrogen-bond acceptors (Lipinski definition) is 7. The van der Waals surface area contributed by atoms with Crippen LogP contribution in [0.15, 0.2) is 83.4 Å². The molecule has 0 radical (unpaired) electrons. The molecule has 8 heteroatoms. The third-order valence-corrected chi connectivity index (χ3v) is 6.79. The van der Waals surface area contributed by atoms with Crippen LogP contribution < -0.4 is 4.74 Å². The van der Waals surface area contributed by atoms with E-state index in [9.17, 15) is 9.90 Å². The van der Waals surface area contributed by atoms with Gasteiger partial charge in [0.1, 0.15) is 23.9 Å². The molecule has 0 spiro atoms. The summed E-state index contributed by atoms with van der Waals surface area (Å²) in [6.07, 6.45) is 2.34. The van der Waals surface area contributed by atoms with Gasteiger partial charge in [-0.2, -0.15) is 0 Å². The first kappa shape index (κ1) is 27.0. The highest BCUT2D eigenvalue weighted by atomic mass is 35.5. The summed E-state index contributed by atoms with van der Waals surface area (Å²) in [7, 11) is 1.30. The molecular weight excluding hydrogens is 528 g/mol. The van der Waals surface area contributed by atoms with Gasteiger partial charge in [-0.3, -0.25) is 0 Å². The van der Waals surface area contributed by atoms with Gasteiger partial charge in [-0.15, -0.1) is 0 Å². The molecule has 40 heavy (non-hydrogen) atoms. The topological polar surface area (TPSA) is 94.7 Å².